The molecule has 0 aromatic heterocycles. The van der Waals surface area contributed by atoms with Gasteiger partial charge in [0, 0.05) is 42.6 Å². The van der Waals surface area contributed by atoms with Crippen LogP contribution in [0.4, 0.5) is 0 Å². The number of carbonyl (C=O) groups excluding carboxylic acids is 1. The Morgan fingerprint density at radius 2 is 1.39 bits per heavy atom. The summed E-state index contributed by atoms with van der Waals surface area (Å²) in [5.74, 6) is -0.223. The number of hydrogen-bond acceptors (Lipinski definition) is 6. The van der Waals surface area contributed by atoms with E-state index >= 15 is 0 Å². The summed E-state index contributed by atoms with van der Waals surface area (Å²) in [7, 11) is -4.26. The Balaban J connectivity index is 0. The second-order valence-corrected chi connectivity index (χ2v) is 9.54. The molecule has 0 aliphatic carbocycles. The van der Waals surface area contributed by atoms with Crippen LogP contribution in [0, 0.1) is 0 Å². The molecular formula is C22H44NaO7S. The quantitative estimate of drug-likeness (QED) is 0.110. The molecule has 0 rings (SSSR count). The van der Waals surface area contributed by atoms with Crippen LogP contribution in [0.1, 0.15) is 104 Å². The predicted octanol–water partition coefficient (Wildman–Crippen LogP) is 4.28. The Bertz CT molecular complexity index is 514. The molecule has 0 saturated carbocycles. The van der Waals surface area contributed by atoms with E-state index in [2.05, 4.69) is 6.92 Å². The molecule has 2 atom stereocenters. The SMILES string of the molecule is CCCCCCCCC(O)C(CCCCCCCC(=O)OCCOCC)S(=O)(=O)O.[Na]. The van der Waals surface area contributed by atoms with Crippen molar-refractivity contribution in [2.24, 2.45) is 0 Å². The van der Waals surface area contributed by atoms with Gasteiger partial charge in [-0.1, -0.05) is 71.1 Å². The van der Waals surface area contributed by atoms with E-state index in [1.54, 1.807) is 0 Å². The van der Waals surface area contributed by atoms with Gasteiger partial charge in [0.25, 0.3) is 10.1 Å². The van der Waals surface area contributed by atoms with E-state index in [0.717, 1.165) is 44.9 Å². The number of rotatable bonds is 21. The van der Waals surface area contributed by atoms with Gasteiger partial charge >= 0.3 is 5.97 Å². The van der Waals surface area contributed by atoms with E-state index in [0.29, 0.717) is 32.5 Å². The molecule has 0 amide bonds. The van der Waals surface area contributed by atoms with Gasteiger partial charge < -0.3 is 14.6 Å². The average Bonchev–Trinajstić information content (AvgIpc) is 2.68. The van der Waals surface area contributed by atoms with E-state index in [1.807, 2.05) is 6.92 Å². The van der Waals surface area contributed by atoms with Crippen LogP contribution < -0.4 is 0 Å². The molecule has 31 heavy (non-hydrogen) atoms. The smallest absolute Gasteiger partial charge is 0.305 e. The number of aliphatic hydroxyl groups is 1. The van der Waals surface area contributed by atoms with Crippen LogP contribution in [0.25, 0.3) is 0 Å². The van der Waals surface area contributed by atoms with Crippen LogP contribution >= 0.6 is 0 Å². The molecule has 0 aromatic rings. The molecule has 0 spiro atoms. The minimum Gasteiger partial charge on any atom is -0.463 e. The molecule has 1 radical (unpaired) electrons. The zero-order valence-corrected chi connectivity index (χ0v) is 22.8. The Hall–Kier alpha value is 0.300. The first-order valence-electron chi connectivity index (χ1n) is 11.7. The van der Waals surface area contributed by atoms with Crippen LogP contribution in [-0.2, 0) is 24.4 Å². The molecule has 2 unspecified atom stereocenters. The summed E-state index contributed by atoms with van der Waals surface area (Å²) in [5.41, 5.74) is 0. The molecule has 2 N–H and O–H groups in total. The van der Waals surface area contributed by atoms with Crippen LogP contribution in [0.2, 0.25) is 0 Å². The first-order chi connectivity index (χ1) is 14.3. The van der Waals surface area contributed by atoms with E-state index < -0.39 is 21.5 Å². The summed E-state index contributed by atoms with van der Waals surface area (Å²) in [4.78, 5) is 11.5. The van der Waals surface area contributed by atoms with Crippen molar-refractivity contribution in [1.29, 1.82) is 0 Å². The van der Waals surface area contributed by atoms with Crippen molar-refractivity contribution in [2.75, 3.05) is 19.8 Å². The Morgan fingerprint density at radius 1 is 0.839 bits per heavy atom. The maximum absolute atomic E-state index is 11.7. The molecular weight excluding hydrogens is 431 g/mol. The van der Waals surface area contributed by atoms with Crippen molar-refractivity contribution in [3.8, 4) is 0 Å². The van der Waals surface area contributed by atoms with Gasteiger partial charge in [-0.3, -0.25) is 9.35 Å². The van der Waals surface area contributed by atoms with Crippen molar-refractivity contribution in [3.05, 3.63) is 0 Å². The third kappa shape index (κ3) is 20.6. The van der Waals surface area contributed by atoms with Crippen molar-refractivity contribution in [3.63, 3.8) is 0 Å². The Labute approximate surface area is 212 Å². The minimum atomic E-state index is -4.26. The molecule has 7 nitrogen and oxygen atoms in total. The van der Waals surface area contributed by atoms with Crippen LogP contribution in [0.3, 0.4) is 0 Å². The van der Waals surface area contributed by atoms with Crippen molar-refractivity contribution in [2.45, 2.75) is 115 Å². The number of unbranched alkanes of at least 4 members (excludes halogenated alkanes) is 9. The summed E-state index contributed by atoms with van der Waals surface area (Å²) in [6.07, 6.45) is 10.3. The van der Waals surface area contributed by atoms with Gasteiger partial charge in [0.05, 0.1) is 12.7 Å². The van der Waals surface area contributed by atoms with E-state index in [4.69, 9.17) is 9.47 Å². The molecule has 0 bridgehead atoms. The second kappa shape index (κ2) is 22.1. The molecule has 9 heteroatoms. The average molecular weight is 476 g/mol. The number of aliphatic hydroxyl groups excluding tert-OH is 1. The standard InChI is InChI=1S/C22H44O7S.Na/c1-3-5-6-7-9-12-15-20(23)21(30(25,26)27)16-13-10-8-11-14-17-22(24)29-19-18-28-4-2;/h20-21,23H,3-19H2,1-2H3,(H,25,26,27);. The molecule has 0 heterocycles. The molecule has 0 fully saturated rings. The molecule has 0 saturated heterocycles. The third-order valence-electron chi connectivity index (χ3n) is 5.23. The fourth-order valence-electron chi connectivity index (χ4n) is 3.44. The van der Waals surface area contributed by atoms with Gasteiger partial charge in [0.15, 0.2) is 0 Å². The number of carbonyl (C=O) groups is 1. The van der Waals surface area contributed by atoms with Crippen molar-refractivity contribution < 1.29 is 32.3 Å². The van der Waals surface area contributed by atoms with Crippen molar-refractivity contribution >= 4 is 45.6 Å². The molecule has 0 aliphatic rings. The van der Waals surface area contributed by atoms with E-state index in [-0.39, 0.29) is 48.6 Å². The maximum Gasteiger partial charge on any atom is 0.305 e. The number of esters is 1. The second-order valence-electron chi connectivity index (χ2n) is 7.90. The van der Waals surface area contributed by atoms with Gasteiger partial charge in [-0.15, -0.1) is 0 Å². The van der Waals surface area contributed by atoms with Gasteiger partial charge in [0.1, 0.15) is 11.9 Å². The van der Waals surface area contributed by atoms with Gasteiger partial charge in [0.2, 0.25) is 0 Å². The summed E-state index contributed by atoms with van der Waals surface area (Å²) < 4.78 is 42.9. The van der Waals surface area contributed by atoms with Gasteiger partial charge in [-0.05, 0) is 26.2 Å². The Morgan fingerprint density at radius 3 is 1.97 bits per heavy atom. The van der Waals surface area contributed by atoms with Crippen LogP contribution in [0.15, 0.2) is 0 Å². The minimum absolute atomic E-state index is 0. The first kappa shape index (κ1) is 33.5. The zero-order chi connectivity index (χ0) is 22.7. The largest absolute Gasteiger partial charge is 0.463 e. The monoisotopic (exact) mass is 475 g/mol. The van der Waals surface area contributed by atoms with Gasteiger partial charge in [-0.2, -0.15) is 8.42 Å². The van der Waals surface area contributed by atoms with Crippen LogP contribution in [0.5, 0.6) is 0 Å². The maximum atomic E-state index is 11.7. The summed E-state index contributed by atoms with van der Waals surface area (Å²) in [6, 6.07) is 0. The normalized spacial score (nSPS) is 13.4. The molecule has 181 valence electrons. The van der Waals surface area contributed by atoms with E-state index in [1.165, 1.54) is 19.3 Å². The first-order valence-corrected chi connectivity index (χ1v) is 13.2. The van der Waals surface area contributed by atoms with E-state index in [9.17, 15) is 22.9 Å². The van der Waals surface area contributed by atoms with Crippen molar-refractivity contribution in [1.82, 2.24) is 0 Å². The summed E-state index contributed by atoms with van der Waals surface area (Å²) in [5, 5.41) is 9.15. The molecule has 0 aromatic carbocycles. The topological polar surface area (TPSA) is 110 Å². The third-order valence-corrected chi connectivity index (χ3v) is 6.54. The number of ether oxygens (including phenoxy) is 2. The predicted molar refractivity (Wildman–Crippen MR) is 125 cm³/mol. The van der Waals surface area contributed by atoms with Gasteiger partial charge in [-0.25, -0.2) is 0 Å². The zero-order valence-electron chi connectivity index (χ0n) is 20.0. The fraction of sp³-hybridized carbons (Fsp3) is 0.955. The van der Waals surface area contributed by atoms with Crippen LogP contribution in [-0.4, -0.2) is 84.8 Å². The fourth-order valence-corrected chi connectivity index (χ4v) is 4.43. The summed E-state index contributed by atoms with van der Waals surface area (Å²) >= 11 is 0. The number of hydrogen-bond donors (Lipinski definition) is 2. The molecule has 0 aliphatic heterocycles. The summed E-state index contributed by atoms with van der Waals surface area (Å²) in [6.45, 7) is 5.34. The Kier molecular flexibility index (Phi) is 23.9.